The molecule has 0 radical (unpaired) electrons. The first-order valence-electron chi connectivity index (χ1n) is 9.23. The van der Waals surface area contributed by atoms with E-state index >= 15 is 0 Å². The van der Waals surface area contributed by atoms with Gasteiger partial charge >= 0.3 is 6.09 Å². The Morgan fingerprint density at radius 3 is 3.04 bits per heavy atom. The molecule has 3 atom stereocenters. The van der Waals surface area contributed by atoms with Gasteiger partial charge in [0.05, 0.1) is 12.6 Å². The molecule has 0 saturated heterocycles. The van der Waals surface area contributed by atoms with E-state index in [-0.39, 0.29) is 18.4 Å². The van der Waals surface area contributed by atoms with Crippen LogP contribution in [-0.4, -0.2) is 38.5 Å². The van der Waals surface area contributed by atoms with Crippen LogP contribution in [0.15, 0.2) is 22.9 Å². The Hall–Kier alpha value is -2.84. The first kappa shape index (κ1) is 18.9. The molecule has 1 saturated carbocycles. The minimum Gasteiger partial charge on any atom is -0.465 e. The van der Waals surface area contributed by atoms with Crippen LogP contribution in [0.1, 0.15) is 56.4 Å². The molecule has 27 heavy (non-hydrogen) atoms. The van der Waals surface area contributed by atoms with E-state index in [2.05, 4.69) is 26.0 Å². The van der Waals surface area contributed by atoms with Crippen molar-refractivity contribution in [3.8, 4) is 0 Å². The summed E-state index contributed by atoms with van der Waals surface area (Å²) < 4.78 is 4.92. The van der Waals surface area contributed by atoms with Gasteiger partial charge in [-0.2, -0.15) is 5.10 Å². The zero-order valence-corrected chi connectivity index (χ0v) is 15.3. The van der Waals surface area contributed by atoms with Gasteiger partial charge in [0, 0.05) is 29.8 Å². The van der Waals surface area contributed by atoms with Crippen LogP contribution in [-0.2, 0) is 11.2 Å². The Labute approximate surface area is 156 Å². The molecule has 1 fully saturated rings. The number of anilines is 1. The van der Waals surface area contributed by atoms with Crippen LogP contribution in [0, 0.1) is 5.92 Å². The normalized spacial score (nSPS) is 20.3. The molecule has 9 heteroatoms. The molecule has 1 aliphatic carbocycles. The lowest BCUT2D eigenvalue weighted by molar-refractivity contribution is -0.115. The Morgan fingerprint density at radius 1 is 1.44 bits per heavy atom. The maximum Gasteiger partial charge on any atom is 0.404 e. The first-order valence-corrected chi connectivity index (χ1v) is 9.23. The van der Waals surface area contributed by atoms with Crippen molar-refractivity contribution in [2.24, 2.45) is 5.92 Å². The van der Waals surface area contributed by atoms with E-state index in [0.29, 0.717) is 23.4 Å². The molecular weight excluding hydrogens is 350 g/mol. The molecule has 2 amide bonds. The van der Waals surface area contributed by atoms with Crippen molar-refractivity contribution in [1.82, 2.24) is 20.7 Å². The second kappa shape index (κ2) is 8.70. The number of carboxylic acid groups (broad SMARTS) is 1. The lowest BCUT2D eigenvalue weighted by atomic mass is 9.96. The van der Waals surface area contributed by atoms with Gasteiger partial charge in [-0.25, -0.2) is 4.79 Å². The van der Waals surface area contributed by atoms with E-state index < -0.39 is 6.09 Å². The van der Waals surface area contributed by atoms with Gasteiger partial charge in [0.25, 0.3) is 0 Å². The number of aromatic nitrogens is 3. The molecule has 2 heterocycles. The van der Waals surface area contributed by atoms with Crippen molar-refractivity contribution in [1.29, 1.82) is 0 Å². The topological polar surface area (TPSA) is 133 Å². The lowest BCUT2D eigenvalue weighted by Gasteiger charge is -2.14. The zero-order valence-electron chi connectivity index (χ0n) is 15.3. The fraction of sp³-hybridized carbons (Fsp3) is 0.556. The maximum atomic E-state index is 12.0. The van der Waals surface area contributed by atoms with Crippen LogP contribution in [0.25, 0.3) is 0 Å². The summed E-state index contributed by atoms with van der Waals surface area (Å²) >= 11 is 0. The van der Waals surface area contributed by atoms with Crippen LogP contribution in [0.3, 0.4) is 0 Å². The number of hydrogen-bond acceptors (Lipinski definition) is 5. The number of aromatic amines is 1. The average Bonchev–Trinajstić information content (AvgIpc) is 3.33. The fourth-order valence-electron chi connectivity index (χ4n) is 3.68. The fourth-order valence-corrected chi connectivity index (χ4v) is 3.68. The summed E-state index contributed by atoms with van der Waals surface area (Å²) in [4.78, 5) is 22.6. The van der Waals surface area contributed by atoms with Gasteiger partial charge in [-0.05, 0) is 44.9 Å². The Balaban J connectivity index is 1.44. The quantitative estimate of drug-likeness (QED) is 0.561. The molecule has 0 aromatic carbocycles. The standard InChI is InChI=1S/C18H25N5O4/c1-11(20-18(25)26)2-3-12-4-5-13(8-12)15-10-16(23-22-15)21-17(24)9-14-6-7-19-27-14/h6-7,10-13,20H,2-5,8-9H2,1H3,(H,25,26)(H2,21,22,23,24)/t11-,12?,13?/m1/s1. The molecule has 0 bridgehead atoms. The lowest BCUT2D eigenvalue weighted by Crippen LogP contribution is -2.31. The second-order valence-electron chi connectivity index (χ2n) is 7.22. The Bertz CT molecular complexity index is 758. The third-order valence-corrected chi connectivity index (χ3v) is 5.05. The van der Waals surface area contributed by atoms with Gasteiger partial charge in [0.1, 0.15) is 5.76 Å². The molecule has 0 aliphatic heterocycles. The minimum absolute atomic E-state index is 0.0279. The van der Waals surface area contributed by atoms with Crippen LogP contribution < -0.4 is 10.6 Å². The Kier molecular flexibility index (Phi) is 6.10. The molecule has 0 spiro atoms. The summed E-state index contributed by atoms with van der Waals surface area (Å²) in [7, 11) is 0. The minimum atomic E-state index is -0.970. The summed E-state index contributed by atoms with van der Waals surface area (Å²) in [5.41, 5.74) is 1.03. The molecule has 4 N–H and O–H groups in total. The van der Waals surface area contributed by atoms with Gasteiger partial charge in [-0.1, -0.05) is 5.16 Å². The first-order chi connectivity index (χ1) is 13.0. The van der Waals surface area contributed by atoms with Crippen LogP contribution in [0.5, 0.6) is 0 Å². The number of carbonyl (C=O) groups is 2. The van der Waals surface area contributed by atoms with Gasteiger partial charge in [-0.15, -0.1) is 0 Å². The predicted molar refractivity (Wildman–Crippen MR) is 97.4 cm³/mol. The highest BCUT2D eigenvalue weighted by Crippen LogP contribution is 2.40. The van der Waals surface area contributed by atoms with Crippen molar-refractivity contribution in [3.63, 3.8) is 0 Å². The second-order valence-corrected chi connectivity index (χ2v) is 7.22. The molecule has 9 nitrogen and oxygen atoms in total. The van der Waals surface area contributed by atoms with Crippen LogP contribution in [0.2, 0.25) is 0 Å². The van der Waals surface area contributed by atoms with Crippen molar-refractivity contribution in [3.05, 3.63) is 29.8 Å². The number of nitrogens with zero attached hydrogens (tertiary/aromatic N) is 2. The summed E-state index contributed by atoms with van der Waals surface area (Å²) in [6, 6.07) is 3.51. The van der Waals surface area contributed by atoms with E-state index in [1.54, 1.807) is 6.07 Å². The van der Waals surface area contributed by atoms with Gasteiger partial charge in [0.2, 0.25) is 5.91 Å². The SMILES string of the molecule is C[C@H](CCC1CCC(c2cc(NC(=O)Cc3ccno3)n[nH]2)C1)NC(=O)O. The van der Waals surface area contributed by atoms with E-state index in [9.17, 15) is 9.59 Å². The average molecular weight is 375 g/mol. The molecule has 2 aromatic heterocycles. The number of carbonyl (C=O) groups excluding carboxylic acids is 1. The molecule has 3 rings (SSSR count). The van der Waals surface area contributed by atoms with E-state index in [4.69, 9.17) is 9.63 Å². The molecule has 2 unspecified atom stereocenters. The summed E-state index contributed by atoms with van der Waals surface area (Å²) in [5.74, 6) is 1.80. The highest BCUT2D eigenvalue weighted by Gasteiger charge is 2.27. The smallest absolute Gasteiger partial charge is 0.404 e. The molecule has 1 aliphatic rings. The number of amides is 2. The van der Waals surface area contributed by atoms with Crippen molar-refractivity contribution >= 4 is 17.8 Å². The number of H-pyrrole nitrogens is 1. The zero-order chi connectivity index (χ0) is 19.2. The highest BCUT2D eigenvalue weighted by molar-refractivity contribution is 5.91. The molecular formula is C18H25N5O4. The maximum absolute atomic E-state index is 12.0. The summed E-state index contributed by atoms with van der Waals surface area (Å²) in [6.45, 7) is 1.89. The largest absolute Gasteiger partial charge is 0.465 e. The third-order valence-electron chi connectivity index (χ3n) is 5.05. The third kappa shape index (κ3) is 5.57. The van der Waals surface area contributed by atoms with Gasteiger partial charge in [0.15, 0.2) is 5.82 Å². The molecule has 146 valence electrons. The van der Waals surface area contributed by atoms with Crippen molar-refractivity contribution in [2.75, 3.05) is 5.32 Å². The van der Waals surface area contributed by atoms with Gasteiger partial charge < -0.3 is 20.3 Å². The number of hydrogen-bond donors (Lipinski definition) is 4. The number of nitrogens with one attached hydrogen (secondary N) is 3. The predicted octanol–water partition coefficient (Wildman–Crippen LogP) is 2.90. The summed E-state index contributed by atoms with van der Waals surface area (Å²) in [6.07, 6.45) is 5.74. The highest BCUT2D eigenvalue weighted by atomic mass is 16.5. The molecule has 2 aromatic rings. The van der Waals surface area contributed by atoms with Crippen molar-refractivity contribution in [2.45, 2.75) is 57.4 Å². The summed E-state index contributed by atoms with van der Waals surface area (Å²) in [5, 5.41) is 24.8. The van der Waals surface area contributed by atoms with E-state index in [1.165, 1.54) is 6.20 Å². The van der Waals surface area contributed by atoms with Crippen molar-refractivity contribution < 1.29 is 19.2 Å². The van der Waals surface area contributed by atoms with Crippen LogP contribution >= 0.6 is 0 Å². The van der Waals surface area contributed by atoms with Gasteiger partial charge in [-0.3, -0.25) is 9.89 Å². The van der Waals surface area contributed by atoms with Crippen LogP contribution in [0.4, 0.5) is 10.6 Å². The van der Waals surface area contributed by atoms with E-state index in [0.717, 1.165) is 37.8 Å². The monoisotopic (exact) mass is 375 g/mol. The van der Waals surface area contributed by atoms with E-state index in [1.807, 2.05) is 13.0 Å². The number of rotatable bonds is 8. The Morgan fingerprint density at radius 2 is 2.30 bits per heavy atom.